The predicted octanol–water partition coefficient (Wildman–Crippen LogP) is 4.34. The number of aromatic nitrogens is 2. The third-order valence-electron chi connectivity index (χ3n) is 5.08. The van der Waals surface area contributed by atoms with E-state index in [4.69, 9.17) is 5.73 Å². The standard InChI is InChI=1S/C25H24N4O/c1-28(25(30)14-12-19-11-13-24(26)27-15-19)17-21-18-29(16-20-7-3-2-4-8-20)23-10-6-5-9-22(21)23/h2-15,18H,16-17H2,1H3,(H2,26,27). The van der Waals surface area contributed by atoms with Gasteiger partial charge in [-0.25, -0.2) is 4.98 Å². The van der Waals surface area contributed by atoms with Gasteiger partial charge in [0, 0.05) is 49.5 Å². The molecule has 0 saturated carbocycles. The van der Waals surface area contributed by atoms with E-state index in [1.807, 2.05) is 31.3 Å². The minimum atomic E-state index is -0.0632. The number of likely N-dealkylation sites (N-methyl/N-ethyl adjacent to an activating group) is 1. The summed E-state index contributed by atoms with van der Waals surface area (Å²) in [6.45, 7) is 1.33. The van der Waals surface area contributed by atoms with Crippen LogP contribution in [0.25, 0.3) is 17.0 Å². The molecule has 0 atom stereocenters. The molecule has 0 bridgehead atoms. The number of anilines is 1. The third-order valence-corrected chi connectivity index (χ3v) is 5.08. The minimum absolute atomic E-state index is 0.0632. The van der Waals surface area contributed by atoms with Crippen LogP contribution >= 0.6 is 0 Å². The summed E-state index contributed by atoms with van der Waals surface area (Å²) in [5.41, 5.74) is 9.98. The van der Waals surface area contributed by atoms with Crippen molar-refractivity contribution in [1.82, 2.24) is 14.5 Å². The van der Waals surface area contributed by atoms with Gasteiger partial charge in [0.2, 0.25) is 5.91 Å². The summed E-state index contributed by atoms with van der Waals surface area (Å²) in [6, 6.07) is 22.3. The normalized spacial score (nSPS) is 11.2. The van der Waals surface area contributed by atoms with Crippen molar-refractivity contribution in [2.45, 2.75) is 13.1 Å². The molecule has 0 spiro atoms. The number of carbonyl (C=O) groups is 1. The van der Waals surface area contributed by atoms with Gasteiger partial charge in [-0.3, -0.25) is 4.79 Å². The number of fused-ring (bicyclic) bond motifs is 1. The van der Waals surface area contributed by atoms with Gasteiger partial charge in [-0.05, 0) is 41.0 Å². The fourth-order valence-electron chi connectivity index (χ4n) is 3.50. The van der Waals surface area contributed by atoms with Crippen LogP contribution in [0.2, 0.25) is 0 Å². The van der Waals surface area contributed by atoms with Crippen LogP contribution in [-0.4, -0.2) is 27.4 Å². The molecule has 0 unspecified atom stereocenters. The van der Waals surface area contributed by atoms with Crippen LogP contribution in [-0.2, 0) is 17.9 Å². The molecule has 0 aliphatic carbocycles. The second-order valence-electron chi connectivity index (χ2n) is 7.33. The zero-order valence-electron chi connectivity index (χ0n) is 16.9. The van der Waals surface area contributed by atoms with Gasteiger partial charge in [0.1, 0.15) is 5.82 Å². The number of para-hydroxylation sites is 1. The molecule has 2 aromatic carbocycles. The maximum Gasteiger partial charge on any atom is 0.246 e. The number of carbonyl (C=O) groups excluding carboxylic acids is 1. The Morgan fingerprint density at radius 2 is 1.83 bits per heavy atom. The van der Waals surface area contributed by atoms with E-state index in [1.54, 1.807) is 29.3 Å². The number of hydrogen-bond acceptors (Lipinski definition) is 3. The first kappa shape index (κ1) is 19.5. The Bertz CT molecular complexity index is 1180. The lowest BCUT2D eigenvalue weighted by Gasteiger charge is -2.14. The maximum absolute atomic E-state index is 12.6. The van der Waals surface area contributed by atoms with E-state index in [0.29, 0.717) is 12.4 Å². The van der Waals surface area contributed by atoms with Gasteiger partial charge in [0.15, 0.2) is 0 Å². The van der Waals surface area contributed by atoms with E-state index in [9.17, 15) is 4.79 Å². The SMILES string of the molecule is CN(Cc1cn(Cc2ccccc2)c2ccccc12)C(=O)C=Cc1ccc(N)nc1. The third kappa shape index (κ3) is 4.41. The van der Waals surface area contributed by atoms with E-state index < -0.39 is 0 Å². The number of nitrogens with zero attached hydrogens (tertiary/aromatic N) is 3. The first-order valence-electron chi connectivity index (χ1n) is 9.85. The van der Waals surface area contributed by atoms with Crippen molar-refractivity contribution >= 4 is 28.7 Å². The lowest BCUT2D eigenvalue weighted by Crippen LogP contribution is -2.24. The quantitative estimate of drug-likeness (QED) is 0.493. The van der Waals surface area contributed by atoms with Gasteiger partial charge in [0.25, 0.3) is 0 Å². The van der Waals surface area contributed by atoms with Crippen molar-refractivity contribution in [2.24, 2.45) is 0 Å². The summed E-state index contributed by atoms with van der Waals surface area (Å²) in [6.07, 6.45) is 7.12. The van der Waals surface area contributed by atoms with E-state index in [2.05, 4.69) is 52.1 Å². The second kappa shape index (κ2) is 8.66. The highest BCUT2D eigenvalue weighted by Gasteiger charge is 2.12. The summed E-state index contributed by atoms with van der Waals surface area (Å²) in [4.78, 5) is 18.4. The number of pyridine rings is 1. The summed E-state index contributed by atoms with van der Waals surface area (Å²) >= 11 is 0. The van der Waals surface area contributed by atoms with Crippen LogP contribution in [0.15, 0.2) is 85.2 Å². The molecular formula is C25H24N4O. The number of benzene rings is 2. The van der Waals surface area contributed by atoms with E-state index >= 15 is 0 Å². The molecule has 4 aromatic rings. The van der Waals surface area contributed by atoms with Crippen molar-refractivity contribution < 1.29 is 4.79 Å². The Hall–Kier alpha value is -3.86. The Labute approximate surface area is 176 Å². The Morgan fingerprint density at radius 3 is 2.60 bits per heavy atom. The highest BCUT2D eigenvalue weighted by atomic mass is 16.2. The molecule has 0 fully saturated rings. The van der Waals surface area contributed by atoms with Crippen molar-refractivity contribution in [1.29, 1.82) is 0 Å². The molecule has 0 saturated heterocycles. The fourth-order valence-corrected chi connectivity index (χ4v) is 3.50. The van der Waals surface area contributed by atoms with Gasteiger partial charge in [-0.1, -0.05) is 48.5 Å². The monoisotopic (exact) mass is 396 g/mol. The second-order valence-corrected chi connectivity index (χ2v) is 7.33. The average molecular weight is 396 g/mol. The van der Waals surface area contributed by atoms with Crippen LogP contribution in [0.3, 0.4) is 0 Å². The number of rotatable bonds is 6. The lowest BCUT2D eigenvalue weighted by atomic mass is 10.1. The van der Waals surface area contributed by atoms with Crippen LogP contribution < -0.4 is 5.73 Å². The summed E-state index contributed by atoms with van der Waals surface area (Å²) in [5.74, 6) is 0.397. The number of hydrogen-bond donors (Lipinski definition) is 1. The Morgan fingerprint density at radius 1 is 1.07 bits per heavy atom. The van der Waals surface area contributed by atoms with E-state index in [0.717, 1.165) is 17.7 Å². The molecule has 5 nitrogen and oxygen atoms in total. The maximum atomic E-state index is 12.6. The predicted molar refractivity (Wildman–Crippen MR) is 122 cm³/mol. The topological polar surface area (TPSA) is 64.2 Å². The van der Waals surface area contributed by atoms with Gasteiger partial charge in [0.05, 0.1) is 0 Å². The smallest absolute Gasteiger partial charge is 0.246 e. The van der Waals surface area contributed by atoms with Crippen LogP contribution in [0.5, 0.6) is 0 Å². The van der Waals surface area contributed by atoms with Gasteiger partial charge in [-0.2, -0.15) is 0 Å². The molecule has 0 aliphatic rings. The van der Waals surface area contributed by atoms with Crippen molar-refractivity contribution in [3.05, 3.63) is 102 Å². The van der Waals surface area contributed by atoms with Crippen molar-refractivity contribution in [2.75, 3.05) is 12.8 Å². The molecule has 2 N–H and O–H groups in total. The highest BCUT2D eigenvalue weighted by Crippen LogP contribution is 2.23. The molecule has 1 amide bonds. The molecule has 2 heterocycles. The molecule has 2 aromatic heterocycles. The first-order chi connectivity index (χ1) is 14.6. The van der Waals surface area contributed by atoms with Crippen LogP contribution in [0.4, 0.5) is 5.82 Å². The number of nitrogens with two attached hydrogens (primary N) is 1. The highest BCUT2D eigenvalue weighted by molar-refractivity contribution is 5.92. The van der Waals surface area contributed by atoms with Gasteiger partial charge >= 0.3 is 0 Å². The zero-order chi connectivity index (χ0) is 20.9. The van der Waals surface area contributed by atoms with Crippen LogP contribution in [0, 0.1) is 0 Å². The van der Waals surface area contributed by atoms with Gasteiger partial charge < -0.3 is 15.2 Å². The number of amides is 1. The molecule has 4 rings (SSSR count). The lowest BCUT2D eigenvalue weighted by molar-refractivity contribution is -0.125. The molecule has 0 aliphatic heterocycles. The summed E-state index contributed by atoms with van der Waals surface area (Å²) < 4.78 is 2.24. The molecule has 5 heteroatoms. The average Bonchev–Trinajstić information content (AvgIpc) is 3.11. The van der Waals surface area contributed by atoms with E-state index in [-0.39, 0.29) is 5.91 Å². The Kier molecular flexibility index (Phi) is 5.61. The molecule has 30 heavy (non-hydrogen) atoms. The van der Waals surface area contributed by atoms with E-state index in [1.165, 1.54) is 16.5 Å². The number of nitrogen functional groups attached to an aromatic ring is 1. The molecular weight excluding hydrogens is 372 g/mol. The zero-order valence-corrected chi connectivity index (χ0v) is 16.9. The molecule has 150 valence electrons. The molecule has 0 radical (unpaired) electrons. The van der Waals surface area contributed by atoms with Crippen LogP contribution in [0.1, 0.15) is 16.7 Å². The van der Waals surface area contributed by atoms with Gasteiger partial charge in [-0.15, -0.1) is 0 Å². The largest absolute Gasteiger partial charge is 0.384 e. The van der Waals surface area contributed by atoms with Crippen molar-refractivity contribution in [3.63, 3.8) is 0 Å². The van der Waals surface area contributed by atoms with Crippen molar-refractivity contribution in [3.8, 4) is 0 Å². The summed E-state index contributed by atoms with van der Waals surface area (Å²) in [7, 11) is 1.82. The summed E-state index contributed by atoms with van der Waals surface area (Å²) in [5, 5.41) is 1.17. The first-order valence-corrected chi connectivity index (χ1v) is 9.85. The fraction of sp³-hybridized carbons (Fsp3) is 0.120. The minimum Gasteiger partial charge on any atom is -0.384 e. The Balaban J connectivity index is 1.53.